The first kappa shape index (κ1) is 15.9. The number of halogens is 1. The molecule has 0 fully saturated rings. The van der Waals surface area contributed by atoms with Crippen LogP contribution in [0.3, 0.4) is 0 Å². The van der Waals surface area contributed by atoms with Crippen molar-refractivity contribution in [2.45, 2.75) is 19.3 Å². The van der Waals surface area contributed by atoms with Crippen LogP contribution in [0.4, 0.5) is 5.69 Å². The van der Waals surface area contributed by atoms with Gasteiger partial charge in [0.2, 0.25) is 5.91 Å². The first-order valence-electron chi connectivity index (χ1n) is 8.10. The average Bonchev–Trinajstić information content (AvgIpc) is 2.96. The molecule has 4 rings (SSSR count). The Morgan fingerprint density at radius 1 is 1.12 bits per heavy atom. The zero-order valence-electron chi connectivity index (χ0n) is 13.7. The molecule has 25 heavy (non-hydrogen) atoms. The molecule has 2 heterocycles. The highest BCUT2D eigenvalue weighted by Crippen LogP contribution is 2.42. The van der Waals surface area contributed by atoms with Gasteiger partial charge >= 0.3 is 5.97 Å². The zero-order valence-corrected chi connectivity index (χ0v) is 14.4. The van der Waals surface area contributed by atoms with Gasteiger partial charge in [-0.15, -0.1) is 0 Å². The summed E-state index contributed by atoms with van der Waals surface area (Å²) in [6, 6.07) is 15.0. The Labute approximate surface area is 150 Å². The second-order valence-electron chi connectivity index (χ2n) is 6.32. The highest BCUT2D eigenvalue weighted by atomic mass is 35.5. The quantitative estimate of drug-likeness (QED) is 0.767. The molecule has 2 aliphatic rings. The van der Waals surface area contributed by atoms with Crippen LogP contribution >= 0.6 is 11.6 Å². The van der Waals surface area contributed by atoms with Gasteiger partial charge in [0.1, 0.15) is 6.61 Å². The van der Waals surface area contributed by atoms with Crippen molar-refractivity contribution in [1.29, 1.82) is 0 Å². The molecular weight excluding hydrogens is 338 g/mol. The molecule has 4 nitrogen and oxygen atoms in total. The Bertz CT molecular complexity index is 919. The third kappa shape index (κ3) is 2.72. The molecule has 0 aromatic heterocycles. The fraction of sp³-hybridized carbons (Fsp3) is 0.200. The smallest absolute Gasteiger partial charge is 0.336 e. The minimum Gasteiger partial charge on any atom is -0.456 e. The van der Waals surface area contributed by atoms with Gasteiger partial charge in [0.25, 0.3) is 0 Å². The molecular formula is C20H16ClNO3. The third-order valence-corrected chi connectivity index (χ3v) is 4.86. The third-order valence-electron chi connectivity index (χ3n) is 4.63. The van der Waals surface area contributed by atoms with Crippen molar-refractivity contribution in [1.82, 2.24) is 0 Å². The largest absolute Gasteiger partial charge is 0.456 e. The fourth-order valence-electron chi connectivity index (χ4n) is 3.54. The predicted octanol–water partition coefficient (Wildman–Crippen LogP) is 3.98. The Kier molecular flexibility index (Phi) is 3.85. The predicted molar refractivity (Wildman–Crippen MR) is 95.5 cm³/mol. The van der Waals surface area contributed by atoms with Crippen molar-refractivity contribution in [3.8, 4) is 0 Å². The molecule has 1 amide bonds. The van der Waals surface area contributed by atoms with E-state index in [1.807, 2.05) is 37.3 Å². The number of rotatable bonds is 2. The first-order valence-corrected chi connectivity index (χ1v) is 8.47. The van der Waals surface area contributed by atoms with Crippen LogP contribution in [0.25, 0.3) is 0 Å². The fourth-order valence-corrected chi connectivity index (χ4v) is 3.73. The number of amides is 1. The van der Waals surface area contributed by atoms with Crippen LogP contribution < -0.4 is 4.90 Å². The number of hydrogen-bond donors (Lipinski definition) is 0. The van der Waals surface area contributed by atoms with Gasteiger partial charge in [-0.3, -0.25) is 9.69 Å². The molecule has 1 atom stereocenters. The van der Waals surface area contributed by atoms with E-state index in [0.717, 1.165) is 11.1 Å². The number of esters is 1. The summed E-state index contributed by atoms with van der Waals surface area (Å²) in [5.74, 6) is -0.681. The van der Waals surface area contributed by atoms with E-state index in [4.69, 9.17) is 16.3 Å². The number of aryl methyl sites for hydroxylation is 1. The maximum atomic E-state index is 12.9. The minimum atomic E-state index is -0.346. The molecule has 0 bridgehead atoms. The highest BCUT2D eigenvalue weighted by molar-refractivity contribution is 6.31. The molecule has 1 unspecified atom stereocenters. The van der Waals surface area contributed by atoms with Gasteiger partial charge in [0, 0.05) is 17.4 Å². The summed E-state index contributed by atoms with van der Waals surface area (Å²) in [5.41, 5.74) is 3.91. The number of carbonyl (C=O) groups excluding carboxylic acids is 2. The van der Waals surface area contributed by atoms with Gasteiger partial charge in [0.05, 0.1) is 17.0 Å². The Balaban J connectivity index is 1.84. The highest BCUT2D eigenvalue weighted by Gasteiger charge is 2.42. The lowest BCUT2D eigenvalue weighted by Gasteiger charge is -2.32. The molecule has 2 aliphatic heterocycles. The first-order chi connectivity index (χ1) is 12.0. The summed E-state index contributed by atoms with van der Waals surface area (Å²) < 4.78 is 5.27. The summed E-state index contributed by atoms with van der Waals surface area (Å²) in [4.78, 5) is 26.9. The standard InChI is InChI=1S/C20H16ClNO3/c1-12-4-2-5-13(8-12)16-10-18(23)22(15-7-3-6-14(21)9-15)17-11-25-20(24)19(16)17/h2-9,16H,10-11H2,1H3. The molecule has 2 aromatic carbocycles. The van der Waals surface area contributed by atoms with E-state index in [1.54, 1.807) is 23.1 Å². The van der Waals surface area contributed by atoms with E-state index >= 15 is 0 Å². The summed E-state index contributed by atoms with van der Waals surface area (Å²) in [6.45, 7) is 2.10. The Hall–Kier alpha value is -2.59. The molecule has 0 saturated heterocycles. The van der Waals surface area contributed by atoms with Crippen LogP contribution in [-0.4, -0.2) is 18.5 Å². The van der Waals surface area contributed by atoms with Crippen LogP contribution in [0.2, 0.25) is 5.02 Å². The summed E-state index contributed by atoms with van der Waals surface area (Å²) in [6.07, 6.45) is 0.226. The van der Waals surface area contributed by atoms with E-state index in [0.29, 0.717) is 22.0 Å². The summed E-state index contributed by atoms with van der Waals surface area (Å²) in [5, 5.41) is 0.540. The molecule has 0 N–H and O–H groups in total. The minimum absolute atomic E-state index is 0.0641. The lowest BCUT2D eigenvalue weighted by molar-refractivity contribution is -0.136. The van der Waals surface area contributed by atoms with Crippen LogP contribution in [0.15, 0.2) is 59.8 Å². The van der Waals surface area contributed by atoms with Crippen LogP contribution in [0, 0.1) is 6.92 Å². The van der Waals surface area contributed by atoms with Crippen molar-refractivity contribution >= 4 is 29.2 Å². The van der Waals surface area contributed by atoms with Gasteiger partial charge in [-0.25, -0.2) is 4.79 Å². The number of hydrogen-bond acceptors (Lipinski definition) is 3. The molecule has 0 saturated carbocycles. The second-order valence-corrected chi connectivity index (χ2v) is 6.75. The normalized spacial score (nSPS) is 19.9. The molecule has 0 radical (unpaired) electrons. The van der Waals surface area contributed by atoms with Crippen molar-refractivity contribution in [3.05, 3.63) is 76.0 Å². The number of anilines is 1. The van der Waals surface area contributed by atoms with E-state index in [1.165, 1.54) is 0 Å². The van der Waals surface area contributed by atoms with Crippen LogP contribution in [0.1, 0.15) is 23.5 Å². The molecule has 5 heteroatoms. The van der Waals surface area contributed by atoms with Crippen molar-refractivity contribution < 1.29 is 14.3 Å². The topological polar surface area (TPSA) is 46.6 Å². The number of carbonyl (C=O) groups is 2. The van der Waals surface area contributed by atoms with E-state index in [-0.39, 0.29) is 30.8 Å². The van der Waals surface area contributed by atoms with Crippen molar-refractivity contribution in [2.24, 2.45) is 0 Å². The van der Waals surface area contributed by atoms with Crippen molar-refractivity contribution in [3.63, 3.8) is 0 Å². The van der Waals surface area contributed by atoms with Crippen LogP contribution in [0.5, 0.6) is 0 Å². The molecule has 0 spiro atoms. The zero-order chi connectivity index (χ0) is 17.6. The summed E-state index contributed by atoms with van der Waals surface area (Å²) in [7, 11) is 0. The maximum absolute atomic E-state index is 12.9. The Morgan fingerprint density at radius 2 is 1.92 bits per heavy atom. The summed E-state index contributed by atoms with van der Waals surface area (Å²) >= 11 is 6.07. The van der Waals surface area contributed by atoms with E-state index in [9.17, 15) is 9.59 Å². The molecule has 0 aliphatic carbocycles. The second kappa shape index (κ2) is 6.05. The number of ether oxygens (including phenoxy) is 1. The number of cyclic esters (lactones) is 1. The van der Waals surface area contributed by atoms with Gasteiger partial charge < -0.3 is 4.74 Å². The van der Waals surface area contributed by atoms with Crippen molar-refractivity contribution in [2.75, 3.05) is 11.5 Å². The van der Waals surface area contributed by atoms with Gasteiger partial charge in [-0.1, -0.05) is 47.5 Å². The lowest BCUT2D eigenvalue weighted by atomic mass is 9.83. The van der Waals surface area contributed by atoms with Gasteiger partial charge in [-0.05, 0) is 30.7 Å². The monoisotopic (exact) mass is 353 g/mol. The van der Waals surface area contributed by atoms with E-state index in [2.05, 4.69) is 0 Å². The number of nitrogens with zero attached hydrogens (tertiary/aromatic N) is 1. The van der Waals surface area contributed by atoms with E-state index < -0.39 is 0 Å². The maximum Gasteiger partial charge on any atom is 0.336 e. The van der Waals surface area contributed by atoms with Gasteiger partial charge in [0.15, 0.2) is 0 Å². The molecule has 2 aromatic rings. The molecule has 126 valence electrons. The Morgan fingerprint density at radius 3 is 2.68 bits per heavy atom. The van der Waals surface area contributed by atoms with Crippen LogP contribution in [-0.2, 0) is 14.3 Å². The van der Waals surface area contributed by atoms with Gasteiger partial charge in [-0.2, -0.15) is 0 Å². The number of benzene rings is 2. The SMILES string of the molecule is Cc1cccc(C2CC(=O)N(c3cccc(Cl)c3)C3=C2C(=O)OC3)c1. The lowest BCUT2D eigenvalue weighted by Crippen LogP contribution is -2.37. The average molecular weight is 354 g/mol.